The highest BCUT2D eigenvalue weighted by atomic mass is 16.6. The van der Waals surface area contributed by atoms with Crippen molar-refractivity contribution >= 4 is 17.1 Å². The first kappa shape index (κ1) is 12.6. The van der Waals surface area contributed by atoms with E-state index in [-0.39, 0.29) is 17.7 Å². The fraction of sp³-hybridized carbons (Fsp3) is 0.500. The minimum Gasteiger partial charge on any atom is -0.397 e. The summed E-state index contributed by atoms with van der Waals surface area (Å²) in [5.41, 5.74) is 6.97. The normalized spacial score (nSPS) is 24.0. The number of nitro benzene ring substituents is 1. The van der Waals surface area contributed by atoms with Crippen LogP contribution >= 0.6 is 0 Å². The zero-order valence-electron chi connectivity index (χ0n) is 10.2. The van der Waals surface area contributed by atoms with Gasteiger partial charge in [-0.05, 0) is 18.4 Å². The number of anilines is 2. The summed E-state index contributed by atoms with van der Waals surface area (Å²) in [4.78, 5) is 12.1. The second kappa shape index (κ2) is 4.81. The lowest BCUT2D eigenvalue weighted by Gasteiger charge is -2.36. The molecule has 1 aliphatic rings. The average molecular weight is 251 g/mol. The van der Waals surface area contributed by atoms with Gasteiger partial charge in [-0.2, -0.15) is 0 Å². The van der Waals surface area contributed by atoms with Crippen LogP contribution in [0, 0.1) is 16.0 Å². The van der Waals surface area contributed by atoms with Crippen LogP contribution in [0.15, 0.2) is 18.2 Å². The SMILES string of the molecule is CC1CCN(c2ccc([N+](=O)[O-])cc2N)CC1O. The summed E-state index contributed by atoms with van der Waals surface area (Å²) in [6.45, 7) is 3.34. The van der Waals surface area contributed by atoms with Gasteiger partial charge < -0.3 is 15.7 Å². The third-order valence-corrected chi connectivity index (χ3v) is 3.48. The molecule has 0 spiro atoms. The van der Waals surface area contributed by atoms with Crippen LogP contribution in [0.1, 0.15) is 13.3 Å². The highest BCUT2D eigenvalue weighted by Gasteiger charge is 2.25. The number of benzene rings is 1. The lowest BCUT2D eigenvalue weighted by atomic mass is 9.95. The molecule has 2 atom stereocenters. The van der Waals surface area contributed by atoms with Crippen molar-refractivity contribution in [3.05, 3.63) is 28.3 Å². The molecule has 18 heavy (non-hydrogen) atoms. The molecule has 0 amide bonds. The Balaban J connectivity index is 2.21. The van der Waals surface area contributed by atoms with E-state index >= 15 is 0 Å². The van der Waals surface area contributed by atoms with Gasteiger partial charge in [-0.1, -0.05) is 6.92 Å². The molecular weight excluding hydrogens is 234 g/mol. The highest BCUT2D eigenvalue weighted by molar-refractivity contribution is 5.70. The van der Waals surface area contributed by atoms with E-state index in [0.29, 0.717) is 12.2 Å². The van der Waals surface area contributed by atoms with Crippen molar-refractivity contribution in [2.45, 2.75) is 19.4 Å². The largest absolute Gasteiger partial charge is 0.397 e. The molecule has 0 bridgehead atoms. The van der Waals surface area contributed by atoms with Crippen molar-refractivity contribution < 1.29 is 10.0 Å². The minimum absolute atomic E-state index is 0.0119. The third kappa shape index (κ3) is 2.38. The van der Waals surface area contributed by atoms with Gasteiger partial charge in [0.25, 0.3) is 5.69 Å². The summed E-state index contributed by atoms with van der Waals surface area (Å²) in [7, 11) is 0. The minimum atomic E-state index is -0.465. The summed E-state index contributed by atoms with van der Waals surface area (Å²) >= 11 is 0. The predicted molar refractivity (Wildman–Crippen MR) is 69.5 cm³/mol. The Kier molecular flexibility index (Phi) is 3.38. The predicted octanol–water partition coefficient (Wildman–Crippen LogP) is 1.38. The van der Waals surface area contributed by atoms with Gasteiger partial charge in [0, 0.05) is 25.2 Å². The van der Waals surface area contributed by atoms with E-state index in [9.17, 15) is 15.2 Å². The molecule has 0 saturated carbocycles. The summed E-state index contributed by atoms with van der Waals surface area (Å²) in [5.74, 6) is 0.278. The van der Waals surface area contributed by atoms with Crippen LogP contribution < -0.4 is 10.6 Å². The Morgan fingerprint density at radius 1 is 1.56 bits per heavy atom. The molecule has 98 valence electrons. The lowest BCUT2D eigenvalue weighted by Crippen LogP contribution is -2.43. The van der Waals surface area contributed by atoms with Crippen LogP contribution in [-0.2, 0) is 0 Å². The van der Waals surface area contributed by atoms with Crippen molar-refractivity contribution in [1.82, 2.24) is 0 Å². The first-order chi connectivity index (χ1) is 8.49. The molecule has 1 aromatic carbocycles. The van der Waals surface area contributed by atoms with E-state index in [0.717, 1.165) is 18.7 Å². The fourth-order valence-electron chi connectivity index (χ4n) is 2.21. The third-order valence-electron chi connectivity index (χ3n) is 3.48. The second-order valence-electron chi connectivity index (χ2n) is 4.78. The molecule has 2 rings (SSSR count). The standard InChI is InChI=1S/C12H17N3O3/c1-8-4-5-14(7-12(8)16)11-3-2-9(15(17)18)6-10(11)13/h2-3,6,8,12,16H,4-5,7,13H2,1H3. The maximum Gasteiger partial charge on any atom is 0.271 e. The van der Waals surface area contributed by atoms with Crippen molar-refractivity contribution in [2.24, 2.45) is 5.92 Å². The van der Waals surface area contributed by atoms with Crippen molar-refractivity contribution in [3.8, 4) is 0 Å². The maximum absolute atomic E-state index is 10.6. The Bertz CT molecular complexity index is 464. The number of aliphatic hydroxyl groups is 1. The molecule has 1 fully saturated rings. The molecule has 3 N–H and O–H groups in total. The van der Waals surface area contributed by atoms with Crippen LogP contribution in [0.4, 0.5) is 17.1 Å². The van der Waals surface area contributed by atoms with E-state index in [1.165, 1.54) is 12.1 Å². The first-order valence-corrected chi connectivity index (χ1v) is 5.96. The average Bonchev–Trinajstić information content (AvgIpc) is 2.32. The van der Waals surface area contributed by atoms with Crippen molar-refractivity contribution in [3.63, 3.8) is 0 Å². The highest BCUT2D eigenvalue weighted by Crippen LogP contribution is 2.30. The number of hydrogen-bond donors (Lipinski definition) is 2. The Morgan fingerprint density at radius 2 is 2.28 bits per heavy atom. The van der Waals surface area contributed by atoms with Gasteiger partial charge in [0.15, 0.2) is 0 Å². The van der Waals surface area contributed by atoms with E-state index in [4.69, 9.17) is 5.73 Å². The van der Waals surface area contributed by atoms with Gasteiger partial charge >= 0.3 is 0 Å². The number of nitro groups is 1. The number of aliphatic hydroxyl groups excluding tert-OH is 1. The molecule has 0 aromatic heterocycles. The molecule has 6 nitrogen and oxygen atoms in total. The lowest BCUT2D eigenvalue weighted by molar-refractivity contribution is -0.384. The van der Waals surface area contributed by atoms with Crippen molar-refractivity contribution in [1.29, 1.82) is 0 Å². The molecule has 2 unspecified atom stereocenters. The van der Waals surface area contributed by atoms with Gasteiger partial charge in [-0.25, -0.2) is 0 Å². The van der Waals surface area contributed by atoms with Gasteiger partial charge in [0.2, 0.25) is 0 Å². The summed E-state index contributed by atoms with van der Waals surface area (Å²) in [5, 5.41) is 20.5. The number of nitrogen functional groups attached to an aromatic ring is 1. The van der Waals surface area contributed by atoms with E-state index in [1.54, 1.807) is 6.07 Å². The van der Waals surface area contributed by atoms with Crippen LogP contribution in [0.2, 0.25) is 0 Å². The van der Waals surface area contributed by atoms with Crippen LogP contribution in [0.5, 0.6) is 0 Å². The molecule has 1 heterocycles. The fourth-order valence-corrected chi connectivity index (χ4v) is 2.21. The monoisotopic (exact) mass is 251 g/mol. The number of β-amino-alcohol motifs (C(OH)–C–C–N with tert-alkyl or cyclic N) is 1. The van der Waals surface area contributed by atoms with Gasteiger partial charge in [0.05, 0.1) is 22.4 Å². The number of nitrogens with two attached hydrogens (primary N) is 1. The molecular formula is C12H17N3O3. The Hall–Kier alpha value is -1.82. The van der Waals surface area contributed by atoms with Gasteiger partial charge in [0.1, 0.15) is 0 Å². The molecule has 6 heteroatoms. The topological polar surface area (TPSA) is 92.6 Å². The molecule has 1 aromatic rings. The summed E-state index contributed by atoms with van der Waals surface area (Å²) < 4.78 is 0. The molecule has 0 radical (unpaired) electrons. The first-order valence-electron chi connectivity index (χ1n) is 5.96. The Labute approximate surface area is 105 Å². The summed E-state index contributed by atoms with van der Waals surface area (Å²) in [6, 6.07) is 4.45. The zero-order chi connectivity index (χ0) is 13.3. The molecule has 1 saturated heterocycles. The number of rotatable bonds is 2. The molecule has 0 aliphatic carbocycles. The van der Waals surface area contributed by atoms with Crippen LogP contribution in [0.25, 0.3) is 0 Å². The number of hydrogen-bond acceptors (Lipinski definition) is 5. The van der Waals surface area contributed by atoms with Gasteiger partial charge in [-0.3, -0.25) is 10.1 Å². The zero-order valence-corrected chi connectivity index (χ0v) is 10.2. The Morgan fingerprint density at radius 3 is 2.83 bits per heavy atom. The van der Waals surface area contributed by atoms with E-state index < -0.39 is 4.92 Å². The van der Waals surface area contributed by atoms with Crippen molar-refractivity contribution in [2.75, 3.05) is 23.7 Å². The second-order valence-corrected chi connectivity index (χ2v) is 4.78. The quantitative estimate of drug-likeness (QED) is 0.470. The van der Waals surface area contributed by atoms with Crippen LogP contribution in [0.3, 0.4) is 0 Å². The summed E-state index contributed by atoms with van der Waals surface area (Å²) in [6.07, 6.45) is 0.505. The smallest absolute Gasteiger partial charge is 0.271 e. The van der Waals surface area contributed by atoms with E-state index in [2.05, 4.69) is 0 Å². The number of non-ortho nitro benzene ring substituents is 1. The number of nitrogens with zero attached hydrogens (tertiary/aromatic N) is 2. The molecule has 1 aliphatic heterocycles. The maximum atomic E-state index is 10.6. The van der Waals surface area contributed by atoms with E-state index in [1.807, 2.05) is 11.8 Å². The van der Waals surface area contributed by atoms with Gasteiger partial charge in [-0.15, -0.1) is 0 Å². The number of piperidine rings is 1. The van der Waals surface area contributed by atoms with Crippen LogP contribution in [-0.4, -0.2) is 29.2 Å².